The summed E-state index contributed by atoms with van der Waals surface area (Å²) in [5, 5.41) is 26.4. The van der Waals surface area contributed by atoms with Crippen molar-refractivity contribution < 1.29 is 19.8 Å². The summed E-state index contributed by atoms with van der Waals surface area (Å²) in [5.41, 5.74) is 2.32. The van der Waals surface area contributed by atoms with Crippen molar-refractivity contribution in [1.29, 1.82) is 0 Å². The summed E-state index contributed by atoms with van der Waals surface area (Å²) in [5.74, 6) is -0.397. The Kier molecular flexibility index (Phi) is 6.19. The molecule has 1 saturated carbocycles. The van der Waals surface area contributed by atoms with E-state index in [9.17, 15) is 24.6 Å². The van der Waals surface area contributed by atoms with Crippen molar-refractivity contribution >= 4 is 11.7 Å². The molecule has 0 spiro atoms. The minimum Gasteiger partial charge on any atom is -0.507 e. The van der Waals surface area contributed by atoms with Gasteiger partial charge in [-0.1, -0.05) is 30.3 Å². The van der Waals surface area contributed by atoms with Crippen LogP contribution in [-0.2, 0) is 23.1 Å². The number of Topliss-reactive ketones (excluding diaryl/α,β-unsaturated/α-hetero) is 1. The summed E-state index contributed by atoms with van der Waals surface area (Å²) in [6, 6.07) is 14.6. The number of phenols is 1. The number of ketones is 1. The average Bonchev–Trinajstić information content (AvgIpc) is 2.91. The van der Waals surface area contributed by atoms with Gasteiger partial charge in [-0.05, 0) is 73.7 Å². The van der Waals surface area contributed by atoms with Crippen LogP contribution in [0, 0.1) is 0 Å². The molecule has 1 aliphatic heterocycles. The number of benzene rings is 2. The van der Waals surface area contributed by atoms with E-state index < -0.39 is 11.0 Å². The Morgan fingerprint density at radius 3 is 2.67 bits per heavy atom. The number of phenolic OH excluding ortho intramolecular Hbond substituents is 1. The van der Waals surface area contributed by atoms with Gasteiger partial charge in [-0.15, -0.1) is 0 Å². The van der Waals surface area contributed by atoms with Crippen molar-refractivity contribution in [2.75, 3.05) is 20.1 Å². The van der Waals surface area contributed by atoms with E-state index in [1.165, 1.54) is 0 Å². The summed E-state index contributed by atoms with van der Waals surface area (Å²) in [4.78, 5) is 42.2. The smallest absolute Gasteiger partial charge is 0.255 e. The number of aromatic amines is 1. The maximum Gasteiger partial charge on any atom is 0.255 e. The lowest BCUT2D eigenvalue weighted by molar-refractivity contribution is -0.169. The van der Waals surface area contributed by atoms with E-state index in [2.05, 4.69) is 15.2 Å². The Morgan fingerprint density at radius 2 is 1.90 bits per heavy atom. The molecule has 2 fully saturated rings. The van der Waals surface area contributed by atoms with Crippen molar-refractivity contribution in [2.24, 2.45) is 0 Å². The molecule has 4 N–H and O–H groups in total. The fourth-order valence-corrected chi connectivity index (χ4v) is 7.21. The summed E-state index contributed by atoms with van der Waals surface area (Å²) >= 11 is 0. The van der Waals surface area contributed by atoms with Crippen LogP contribution in [0.5, 0.6) is 5.75 Å². The second kappa shape index (κ2) is 9.47. The van der Waals surface area contributed by atoms with Crippen LogP contribution < -0.4 is 10.9 Å². The molecule has 1 saturated heterocycles. The van der Waals surface area contributed by atoms with Crippen molar-refractivity contribution in [3.63, 3.8) is 0 Å². The van der Waals surface area contributed by atoms with Crippen LogP contribution in [0.15, 0.2) is 59.5 Å². The number of hydrogen-bond acceptors (Lipinski definition) is 6. The van der Waals surface area contributed by atoms with E-state index in [4.69, 9.17) is 0 Å². The molecule has 0 radical (unpaired) electrons. The van der Waals surface area contributed by atoms with Crippen molar-refractivity contribution in [3.8, 4) is 16.9 Å². The number of rotatable bonds is 5. The van der Waals surface area contributed by atoms with Gasteiger partial charge in [0.2, 0.25) is 5.56 Å². The number of nitrogens with one attached hydrogen (secondary N) is 2. The molecule has 202 valence electrons. The summed E-state index contributed by atoms with van der Waals surface area (Å²) < 4.78 is 0. The molecule has 2 aliphatic carbocycles. The zero-order valence-corrected chi connectivity index (χ0v) is 22.0. The molecular formula is C31H33N3O5. The number of carbonyl (C=O) groups excluding carboxylic acids is 2. The highest BCUT2D eigenvalue weighted by atomic mass is 16.3. The number of piperidine rings is 1. The number of carbonyl (C=O) groups is 2. The first-order valence-electron chi connectivity index (χ1n) is 13.6. The predicted molar refractivity (Wildman–Crippen MR) is 147 cm³/mol. The third-order valence-electron chi connectivity index (χ3n) is 9.25. The van der Waals surface area contributed by atoms with E-state index >= 15 is 0 Å². The number of hydrogen-bond donors (Lipinski definition) is 4. The number of likely N-dealkylation sites (N-methyl/N-ethyl adjacent to an activating group) is 1. The third-order valence-corrected chi connectivity index (χ3v) is 9.25. The van der Waals surface area contributed by atoms with Gasteiger partial charge in [0.25, 0.3) is 5.91 Å². The number of aliphatic hydroxyl groups is 1. The first-order chi connectivity index (χ1) is 18.7. The Morgan fingerprint density at radius 1 is 1.10 bits per heavy atom. The molecule has 8 nitrogen and oxygen atoms in total. The molecule has 2 bridgehead atoms. The molecule has 2 aromatic carbocycles. The van der Waals surface area contributed by atoms with Crippen LogP contribution in [0.1, 0.15) is 52.7 Å². The molecule has 39 heavy (non-hydrogen) atoms. The lowest BCUT2D eigenvalue weighted by Gasteiger charge is -2.62. The van der Waals surface area contributed by atoms with Crippen LogP contribution >= 0.6 is 0 Å². The Hall–Kier alpha value is -3.75. The number of aromatic hydroxyl groups is 1. The third kappa shape index (κ3) is 4.10. The summed E-state index contributed by atoms with van der Waals surface area (Å²) in [6.07, 6.45) is 4.24. The zero-order valence-electron chi connectivity index (χ0n) is 22.0. The molecule has 1 amide bonds. The summed E-state index contributed by atoms with van der Waals surface area (Å²) in [7, 11) is 2.01. The minimum absolute atomic E-state index is 0.0927. The Bertz CT molecular complexity index is 1510. The van der Waals surface area contributed by atoms with Crippen molar-refractivity contribution in [1.82, 2.24) is 15.2 Å². The van der Waals surface area contributed by atoms with Gasteiger partial charge in [0, 0.05) is 48.7 Å². The number of amides is 1. The highest BCUT2D eigenvalue weighted by molar-refractivity contribution is 5.98. The van der Waals surface area contributed by atoms with Crippen LogP contribution in [0.2, 0.25) is 0 Å². The monoisotopic (exact) mass is 527 g/mol. The lowest BCUT2D eigenvalue weighted by atomic mass is 9.49. The highest BCUT2D eigenvalue weighted by Gasteiger charge is 2.65. The van der Waals surface area contributed by atoms with Gasteiger partial charge in [0.15, 0.2) is 0 Å². The second-order valence-corrected chi connectivity index (χ2v) is 11.3. The van der Waals surface area contributed by atoms with Crippen LogP contribution in [0.4, 0.5) is 0 Å². The number of likely N-dealkylation sites (tertiary alicyclic amines) is 1. The molecule has 1 aromatic heterocycles. The number of nitrogens with zero attached hydrogens (tertiary/aromatic N) is 1. The molecule has 3 atom stereocenters. The van der Waals surface area contributed by atoms with Gasteiger partial charge in [-0.25, -0.2) is 0 Å². The molecule has 8 heteroatoms. The SMILES string of the molecule is CN1CCC23CC(=O)CC[C@@]2(O)[C@H]1Cc1ccc(C(=O)NCCc2ccc(-c4cc[nH]c(=O)c4)cc2)c(O)c13. The van der Waals surface area contributed by atoms with Gasteiger partial charge in [0.1, 0.15) is 11.5 Å². The van der Waals surface area contributed by atoms with E-state index in [-0.39, 0.29) is 41.0 Å². The number of H-pyrrole nitrogens is 1. The van der Waals surface area contributed by atoms with E-state index in [1.54, 1.807) is 18.3 Å². The largest absolute Gasteiger partial charge is 0.507 e. The van der Waals surface area contributed by atoms with Crippen LogP contribution in [-0.4, -0.2) is 63.6 Å². The lowest BCUT2D eigenvalue weighted by Crippen LogP contribution is -2.72. The Labute approximate surface area is 226 Å². The van der Waals surface area contributed by atoms with Crippen molar-refractivity contribution in [3.05, 3.63) is 87.3 Å². The van der Waals surface area contributed by atoms with E-state index in [1.807, 2.05) is 43.4 Å². The molecule has 1 unspecified atom stereocenters. The predicted octanol–water partition coefficient (Wildman–Crippen LogP) is 2.70. The van der Waals surface area contributed by atoms with Gasteiger partial charge in [0.05, 0.1) is 11.2 Å². The van der Waals surface area contributed by atoms with Gasteiger partial charge >= 0.3 is 0 Å². The van der Waals surface area contributed by atoms with Gasteiger partial charge in [-0.2, -0.15) is 0 Å². The first kappa shape index (κ1) is 25.5. The average molecular weight is 528 g/mol. The fraction of sp³-hybridized carbons (Fsp3) is 0.387. The number of fused-ring (bicyclic) bond motifs is 1. The quantitative estimate of drug-likeness (QED) is 0.405. The summed E-state index contributed by atoms with van der Waals surface area (Å²) in [6.45, 7) is 1.09. The fourth-order valence-electron chi connectivity index (χ4n) is 7.21. The van der Waals surface area contributed by atoms with Crippen molar-refractivity contribution in [2.45, 2.75) is 55.6 Å². The zero-order chi connectivity index (χ0) is 27.4. The highest BCUT2D eigenvalue weighted by Crippen LogP contribution is 2.59. The van der Waals surface area contributed by atoms with E-state index in [0.29, 0.717) is 44.2 Å². The Balaban J connectivity index is 1.21. The number of pyridine rings is 1. The topological polar surface area (TPSA) is 123 Å². The molecule has 6 rings (SSSR count). The maximum atomic E-state index is 13.2. The molecule has 2 heterocycles. The molecule has 3 aliphatic rings. The van der Waals surface area contributed by atoms with E-state index in [0.717, 1.165) is 28.8 Å². The molecule has 3 aromatic rings. The number of aromatic nitrogens is 1. The normalized spacial score (nSPS) is 26.0. The van der Waals surface area contributed by atoms with Gasteiger partial charge in [-0.3, -0.25) is 14.4 Å². The first-order valence-corrected chi connectivity index (χ1v) is 13.6. The second-order valence-electron chi connectivity index (χ2n) is 11.3. The van der Waals surface area contributed by atoms with Crippen LogP contribution in [0.25, 0.3) is 11.1 Å². The van der Waals surface area contributed by atoms with Gasteiger partial charge < -0.3 is 25.4 Å². The standard InChI is InChI=1S/C31H33N3O5/c1-34-15-12-30-18-23(35)8-11-31(30,39)25(34)16-22-6-7-24(28(37)27(22)30)29(38)33-13-9-19-2-4-20(5-3-19)21-10-14-32-26(36)17-21/h2-7,10,14,17,25,37,39H,8-9,11-13,15-16,18H2,1H3,(H,32,36)(H,33,38)/t25-,30?,31-/m1/s1. The maximum absolute atomic E-state index is 13.2. The van der Waals surface area contributed by atoms with Crippen LogP contribution in [0.3, 0.4) is 0 Å². The molecular weight excluding hydrogens is 494 g/mol. The minimum atomic E-state index is -1.12.